The van der Waals surface area contributed by atoms with E-state index in [1.165, 1.54) is 0 Å². The number of nitrogens with one attached hydrogen (secondary N) is 2. The van der Waals surface area contributed by atoms with Crippen LogP contribution in [0.3, 0.4) is 0 Å². The average Bonchev–Trinajstić information content (AvgIpc) is 2.78. The number of aryl methyl sites for hydroxylation is 2. The van der Waals surface area contributed by atoms with Crippen molar-refractivity contribution in [3.63, 3.8) is 0 Å². The van der Waals surface area contributed by atoms with Gasteiger partial charge in [-0.1, -0.05) is 25.1 Å². The average molecular weight is 248 g/mol. The van der Waals surface area contributed by atoms with Crippen molar-refractivity contribution < 1.29 is 14.3 Å². The van der Waals surface area contributed by atoms with Gasteiger partial charge in [-0.15, -0.1) is 0 Å². The molecule has 1 aliphatic heterocycles. The van der Waals surface area contributed by atoms with E-state index in [1.807, 2.05) is 32.0 Å². The standard InChI is InChI=1S/C13H16N2O3/c1-3-9-6-4-5-8(2)11(9)15-12(16)10-7-18-13(17)14-10/h4-6,10H,3,7H2,1-2H3,(H,14,17)(H,15,16). The first kappa shape index (κ1) is 12.4. The van der Waals surface area contributed by atoms with Crippen molar-refractivity contribution in [3.8, 4) is 0 Å². The lowest BCUT2D eigenvalue weighted by Gasteiger charge is -2.14. The molecule has 1 saturated heterocycles. The minimum Gasteiger partial charge on any atom is -0.447 e. The van der Waals surface area contributed by atoms with Crippen molar-refractivity contribution in [2.75, 3.05) is 11.9 Å². The van der Waals surface area contributed by atoms with E-state index in [1.54, 1.807) is 0 Å². The Kier molecular flexibility index (Phi) is 3.50. The van der Waals surface area contributed by atoms with Gasteiger partial charge in [0.25, 0.3) is 5.91 Å². The number of carbonyl (C=O) groups is 2. The van der Waals surface area contributed by atoms with Crippen molar-refractivity contribution in [1.82, 2.24) is 5.32 Å². The molecule has 1 aliphatic rings. The third kappa shape index (κ3) is 2.45. The van der Waals surface area contributed by atoms with E-state index in [2.05, 4.69) is 10.6 Å². The summed E-state index contributed by atoms with van der Waals surface area (Å²) in [5.41, 5.74) is 2.91. The first-order valence-electron chi connectivity index (χ1n) is 5.94. The van der Waals surface area contributed by atoms with Crippen LogP contribution in [0.2, 0.25) is 0 Å². The van der Waals surface area contributed by atoms with Crippen LogP contribution in [-0.4, -0.2) is 24.6 Å². The fraction of sp³-hybridized carbons (Fsp3) is 0.385. The van der Waals surface area contributed by atoms with Gasteiger partial charge >= 0.3 is 6.09 Å². The molecule has 1 aromatic carbocycles. The summed E-state index contributed by atoms with van der Waals surface area (Å²) < 4.78 is 4.70. The Labute approximate surface area is 106 Å². The molecule has 1 aromatic rings. The fourth-order valence-electron chi connectivity index (χ4n) is 1.94. The Morgan fingerprint density at radius 3 is 2.94 bits per heavy atom. The Bertz CT molecular complexity index is 485. The second-order valence-electron chi connectivity index (χ2n) is 4.25. The number of amides is 2. The number of benzene rings is 1. The normalized spacial score (nSPS) is 18.1. The number of carbonyl (C=O) groups excluding carboxylic acids is 2. The maximum absolute atomic E-state index is 12.0. The molecule has 0 aliphatic carbocycles. The van der Waals surface area contributed by atoms with Crippen LogP contribution in [0.1, 0.15) is 18.1 Å². The minimum absolute atomic E-state index is 0.0814. The Balaban J connectivity index is 2.14. The predicted molar refractivity (Wildman–Crippen MR) is 67.5 cm³/mol. The Morgan fingerprint density at radius 2 is 2.33 bits per heavy atom. The summed E-state index contributed by atoms with van der Waals surface area (Å²) in [7, 11) is 0. The topological polar surface area (TPSA) is 67.4 Å². The van der Waals surface area contributed by atoms with Crippen LogP contribution in [0.4, 0.5) is 10.5 Å². The lowest BCUT2D eigenvalue weighted by atomic mass is 10.1. The number of rotatable bonds is 3. The lowest BCUT2D eigenvalue weighted by molar-refractivity contribution is -0.117. The van der Waals surface area contributed by atoms with Crippen LogP contribution in [-0.2, 0) is 16.0 Å². The molecule has 5 nitrogen and oxygen atoms in total. The molecule has 1 heterocycles. The molecule has 1 atom stereocenters. The van der Waals surface area contributed by atoms with Crippen LogP contribution >= 0.6 is 0 Å². The Morgan fingerprint density at radius 1 is 1.56 bits per heavy atom. The van der Waals surface area contributed by atoms with E-state index in [0.717, 1.165) is 23.2 Å². The molecule has 2 N–H and O–H groups in total. The van der Waals surface area contributed by atoms with Crippen LogP contribution in [0.25, 0.3) is 0 Å². The molecule has 0 saturated carbocycles. The molecule has 5 heteroatoms. The number of hydrogen-bond donors (Lipinski definition) is 2. The maximum atomic E-state index is 12.0. The van der Waals surface area contributed by atoms with E-state index in [9.17, 15) is 9.59 Å². The molecule has 2 rings (SSSR count). The third-order valence-corrected chi connectivity index (χ3v) is 2.98. The highest BCUT2D eigenvalue weighted by molar-refractivity contribution is 5.98. The second-order valence-corrected chi connectivity index (χ2v) is 4.25. The monoisotopic (exact) mass is 248 g/mol. The maximum Gasteiger partial charge on any atom is 0.407 e. The number of hydrogen-bond acceptors (Lipinski definition) is 3. The first-order chi connectivity index (χ1) is 8.61. The van der Waals surface area contributed by atoms with Gasteiger partial charge in [0.15, 0.2) is 0 Å². The molecule has 0 bridgehead atoms. The number of ether oxygens (including phenoxy) is 1. The lowest BCUT2D eigenvalue weighted by Crippen LogP contribution is -2.39. The van der Waals surface area contributed by atoms with E-state index in [4.69, 9.17) is 4.74 Å². The van der Waals surface area contributed by atoms with Gasteiger partial charge in [-0.3, -0.25) is 4.79 Å². The van der Waals surface area contributed by atoms with Crippen molar-refractivity contribution in [1.29, 1.82) is 0 Å². The van der Waals surface area contributed by atoms with E-state index in [-0.39, 0.29) is 12.5 Å². The van der Waals surface area contributed by atoms with Gasteiger partial charge in [0.2, 0.25) is 0 Å². The van der Waals surface area contributed by atoms with Crippen LogP contribution in [0.5, 0.6) is 0 Å². The number of para-hydroxylation sites is 1. The van der Waals surface area contributed by atoms with Crippen molar-refractivity contribution in [3.05, 3.63) is 29.3 Å². The highest BCUT2D eigenvalue weighted by Crippen LogP contribution is 2.21. The quantitative estimate of drug-likeness (QED) is 0.853. The van der Waals surface area contributed by atoms with Gasteiger partial charge in [-0.2, -0.15) is 0 Å². The molecular weight excluding hydrogens is 232 g/mol. The molecule has 0 radical (unpaired) electrons. The summed E-state index contributed by atoms with van der Waals surface area (Å²) in [6.45, 7) is 4.06. The van der Waals surface area contributed by atoms with Crippen LogP contribution in [0, 0.1) is 6.92 Å². The molecule has 18 heavy (non-hydrogen) atoms. The molecule has 96 valence electrons. The van der Waals surface area contributed by atoms with Gasteiger partial charge in [0, 0.05) is 5.69 Å². The summed E-state index contributed by atoms with van der Waals surface area (Å²) in [5, 5.41) is 5.32. The van der Waals surface area contributed by atoms with Gasteiger partial charge < -0.3 is 15.4 Å². The summed E-state index contributed by atoms with van der Waals surface area (Å²) in [4.78, 5) is 22.9. The zero-order chi connectivity index (χ0) is 13.1. The highest BCUT2D eigenvalue weighted by atomic mass is 16.6. The zero-order valence-electron chi connectivity index (χ0n) is 10.4. The molecule has 1 unspecified atom stereocenters. The Hall–Kier alpha value is -2.04. The van der Waals surface area contributed by atoms with Gasteiger partial charge in [0.05, 0.1) is 0 Å². The fourth-order valence-corrected chi connectivity index (χ4v) is 1.94. The highest BCUT2D eigenvalue weighted by Gasteiger charge is 2.29. The summed E-state index contributed by atoms with van der Waals surface area (Å²) in [6, 6.07) is 5.27. The summed E-state index contributed by atoms with van der Waals surface area (Å²) in [6.07, 6.45) is 0.292. The van der Waals surface area contributed by atoms with E-state index >= 15 is 0 Å². The van der Waals surface area contributed by atoms with E-state index < -0.39 is 12.1 Å². The van der Waals surface area contributed by atoms with Crippen molar-refractivity contribution in [2.45, 2.75) is 26.3 Å². The molecule has 1 fully saturated rings. The van der Waals surface area contributed by atoms with Crippen molar-refractivity contribution >= 4 is 17.7 Å². The number of cyclic esters (lactones) is 1. The molecule has 2 amide bonds. The first-order valence-corrected chi connectivity index (χ1v) is 5.94. The summed E-state index contributed by atoms with van der Waals surface area (Å²) in [5.74, 6) is -0.246. The number of alkyl carbamates (subject to hydrolysis) is 1. The second kappa shape index (κ2) is 5.08. The van der Waals surface area contributed by atoms with Crippen molar-refractivity contribution in [2.24, 2.45) is 0 Å². The molecular formula is C13H16N2O3. The van der Waals surface area contributed by atoms with Crippen LogP contribution < -0.4 is 10.6 Å². The molecule has 0 spiro atoms. The number of anilines is 1. The predicted octanol–water partition coefficient (Wildman–Crippen LogP) is 1.60. The SMILES string of the molecule is CCc1cccc(C)c1NC(=O)C1COC(=O)N1. The summed E-state index contributed by atoms with van der Waals surface area (Å²) >= 11 is 0. The zero-order valence-corrected chi connectivity index (χ0v) is 10.4. The molecule has 0 aromatic heterocycles. The van der Waals surface area contributed by atoms with Gasteiger partial charge in [-0.05, 0) is 24.5 Å². The third-order valence-electron chi connectivity index (χ3n) is 2.98. The van der Waals surface area contributed by atoms with Gasteiger partial charge in [0.1, 0.15) is 12.6 Å². The van der Waals surface area contributed by atoms with Gasteiger partial charge in [-0.25, -0.2) is 4.79 Å². The largest absolute Gasteiger partial charge is 0.447 e. The van der Waals surface area contributed by atoms with E-state index in [0.29, 0.717) is 0 Å². The van der Waals surface area contributed by atoms with Crippen LogP contribution in [0.15, 0.2) is 18.2 Å². The smallest absolute Gasteiger partial charge is 0.407 e. The minimum atomic E-state index is -0.609.